The number of rotatable bonds is 8. The molecule has 0 aliphatic carbocycles. The first-order valence-electron chi connectivity index (χ1n) is 23.0. The Hall–Kier alpha value is -8.92. The van der Waals surface area contributed by atoms with Gasteiger partial charge in [-0.3, -0.25) is 0 Å². The van der Waals surface area contributed by atoms with Crippen molar-refractivity contribution in [2.24, 2.45) is 0 Å². The fourth-order valence-corrected chi connectivity index (χ4v) is 10.3. The fraction of sp³-hybridized carbons (Fsp3) is 0. The average Bonchev–Trinajstić information content (AvgIpc) is 3.73. The van der Waals surface area contributed by atoms with Gasteiger partial charge in [0, 0.05) is 50.6 Å². The van der Waals surface area contributed by atoms with Crippen LogP contribution in [0, 0.1) is 0 Å². The van der Waals surface area contributed by atoms with E-state index in [9.17, 15) is 0 Å². The standard InChI is InChI=1S/C64H43N3/c1-3-20-52(21-4-1)65(54-32-29-44-15-7-9-18-47(44)37-54)57-40-51(41-58(43-57)66(53-22-5-2-6-23-53)55-33-30-45-16-8-10-19-48(45)38-55)49-31-35-62-61-25-13-14-26-63(61)67(64(62)42-49)56-34-36-60-50(39-56)28-27-46-17-11-12-24-59(46)60/h1-43H. The minimum absolute atomic E-state index is 1.05. The average molecular weight is 854 g/mol. The Morgan fingerprint density at radius 3 is 1.34 bits per heavy atom. The minimum atomic E-state index is 1.05. The molecule has 0 unspecified atom stereocenters. The molecule has 0 N–H and O–H groups in total. The molecule has 0 spiro atoms. The summed E-state index contributed by atoms with van der Waals surface area (Å²) < 4.78 is 2.45. The Morgan fingerprint density at radius 1 is 0.224 bits per heavy atom. The molecule has 0 radical (unpaired) electrons. The van der Waals surface area contributed by atoms with E-state index >= 15 is 0 Å². The highest BCUT2D eigenvalue weighted by atomic mass is 15.2. The lowest BCUT2D eigenvalue weighted by atomic mass is 10.00. The van der Waals surface area contributed by atoms with E-state index in [1.807, 2.05) is 0 Å². The summed E-state index contributed by atoms with van der Waals surface area (Å²) in [5.41, 5.74) is 12.2. The van der Waals surface area contributed by atoms with E-state index in [4.69, 9.17) is 0 Å². The second-order valence-electron chi connectivity index (χ2n) is 17.4. The summed E-state index contributed by atoms with van der Waals surface area (Å²) in [7, 11) is 0. The van der Waals surface area contributed by atoms with Crippen molar-refractivity contribution < 1.29 is 0 Å². The van der Waals surface area contributed by atoms with Crippen molar-refractivity contribution >= 4 is 99.0 Å². The molecule has 0 amide bonds. The molecule has 0 aliphatic heterocycles. The molecule has 314 valence electrons. The highest BCUT2D eigenvalue weighted by Crippen LogP contribution is 2.45. The molecule has 12 aromatic carbocycles. The molecule has 0 bridgehead atoms. The van der Waals surface area contributed by atoms with E-state index in [0.29, 0.717) is 0 Å². The van der Waals surface area contributed by atoms with Crippen molar-refractivity contribution in [3.63, 3.8) is 0 Å². The van der Waals surface area contributed by atoms with Crippen molar-refractivity contribution in [1.82, 2.24) is 4.57 Å². The molecular weight excluding hydrogens is 811 g/mol. The Bertz CT molecular complexity index is 3860. The Kier molecular flexibility index (Phi) is 9.17. The van der Waals surface area contributed by atoms with Gasteiger partial charge >= 0.3 is 0 Å². The van der Waals surface area contributed by atoms with Crippen LogP contribution in [0.3, 0.4) is 0 Å². The minimum Gasteiger partial charge on any atom is -0.310 e. The molecule has 1 heterocycles. The first-order valence-corrected chi connectivity index (χ1v) is 23.0. The van der Waals surface area contributed by atoms with E-state index in [-0.39, 0.29) is 0 Å². The SMILES string of the molecule is c1ccc(N(c2cc(-c3ccc4c5ccccc5n(-c5ccc6c(ccc7ccccc76)c5)c4c3)cc(N(c3ccccc3)c3ccc4ccccc4c3)c2)c2ccc3ccccc3c2)cc1. The smallest absolute Gasteiger partial charge is 0.0547 e. The van der Waals surface area contributed by atoms with Crippen molar-refractivity contribution in [2.45, 2.75) is 0 Å². The molecule has 1 aromatic heterocycles. The highest BCUT2D eigenvalue weighted by molar-refractivity contribution is 6.12. The molecule has 0 fully saturated rings. The second-order valence-corrected chi connectivity index (χ2v) is 17.4. The molecule has 0 saturated carbocycles. The normalized spacial score (nSPS) is 11.6. The molecule has 0 saturated heterocycles. The Balaban J connectivity index is 1.06. The van der Waals surface area contributed by atoms with Crippen LogP contribution in [0.2, 0.25) is 0 Å². The van der Waals surface area contributed by atoms with E-state index in [1.54, 1.807) is 0 Å². The number of aromatic nitrogens is 1. The molecule has 0 atom stereocenters. The lowest BCUT2D eigenvalue weighted by Crippen LogP contribution is -2.13. The van der Waals surface area contributed by atoms with Crippen LogP contribution < -0.4 is 9.80 Å². The van der Waals surface area contributed by atoms with Gasteiger partial charge in [0.2, 0.25) is 0 Å². The third-order valence-corrected chi connectivity index (χ3v) is 13.4. The number of anilines is 6. The fourth-order valence-electron chi connectivity index (χ4n) is 10.3. The number of nitrogens with zero attached hydrogens (tertiary/aromatic N) is 3. The molecular formula is C64H43N3. The first kappa shape index (κ1) is 38.5. The van der Waals surface area contributed by atoms with Gasteiger partial charge in [-0.05, 0) is 145 Å². The summed E-state index contributed by atoms with van der Waals surface area (Å²) >= 11 is 0. The molecule has 13 rings (SSSR count). The summed E-state index contributed by atoms with van der Waals surface area (Å²) in [4.78, 5) is 4.80. The highest BCUT2D eigenvalue weighted by Gasteiger charge is 2.21. The predicted octanol–water partition coefficient (Wildman–Crippen LogP) is 18.0. The third-order valence-electron chi connectivity index (χ3n) is 13.4. The summed E-state index contributed by atoms with van der Waals surface area (Å²) in [6, 6.07) is 95.3. The number of hydrogen-bond acceptors (Lipinski definition) is 2. The van der Waals surface area contributed by atoms with Crippen molar-refractivity contribution in [3.05, 3.63) is 261 Å². The van der Waals surface area contributed by atoms with Gasteiger partial charge in [-0.25, -0.2) is 0 Å². The number of fused-ring (bicyclic) bond motifs is 8. The molecule has 67 heavy (non-hydrogen) atoms. The van der Waals surface area contributed by atoms with E-state index in [1.165, 1.54) is 59.4 Å². The van der Waals surface area contributed by atoms with Crippen LogP contribution in [0.4, 0.5) is 34.1 Å². The molecule has 3 heteroatoms. The van der Waals surface area contributed by atoms with Gasteiger partial charge in [0.25, 0.3) is 0 Å². The monoisotopic (exact) mass is 853 g/mol. The van der Waals surface area contributed by atoms with Gasteiger partial charge in [0.1, 0.15) is 0 Å². The van der Waals surface area contributed by atoms with Crippen LogP contribution in [0.1, 0.15) is 0 Å². The van der Waals surface area contributed by atoms with Crippen LogP contribution in [0.5, 0.6) is 0 Å². The largest absolute Gasteiger partial charge is 0.310 e. The first-order chi connectivity index (χ1) is 33.2. The quantitative estimate of drug-likeness (QED) is 0.141. The van der Waals surface area contributed by atoms with Gasteiger partial charge in [0.15, 0.2) is 0 Å². The van der Waals surface area contributed by atoms with Gasteiger partial charge in [0.05, 0.1) is 11.0 Å². The number of benzene rings is 12. The maximum absolute atomic E-state index is 2.45. The topological polar surface area (TPSA) is 11.4 Å². The molecule has 13 aromatic rings. The zero-order chi connectivity index (χ0) is 44.3. The zero-order valence-electron chi connectivity index (χ0n) is 36.7. The van der Waals surface area contributed by atoms with Crippen LogP contribution >= 0.6 is 0 Å². The lowest BCUT2D eigenvalue weighted by molar-refractivity contribution is 1.19. The molecule has 3 nitrogen and oxygen atoms in total. The van der Waals surface area contributed by atoms with Crippen LogP contribution in [-0.2, 0) is 0 Å². The van der Waals surface area contributed by atoms with Gasteiger partial charge in [-0.1, -0.05) is 170 Å². The maximum Gasteiger partial charge on any atom is 0.0547 e. The summed E-state index contributed by atoms with van der Waals surface area (Å²) in [6.45, 7) is 0. The predicted molar refractivity (Wildman–Crippen MR) is 286 cm³/mol. The number of para-hydroxylation sites is 3. The van der Waals surface area contributed by atoms with E-state index < -0.39 is 0 Å². The summed E-state index contributed by atoms with van der Waals surface area (Å²) in [5.74, 6) is 0. The van der Waals surface area contributed by atoms with Gasteiger partial charge < -0.3 is 14.4 Å². The molecule has 0 aliphatic rings. The van der Waals surface area contributed by atoms with Gasteiger partial charge in [-0.2, -0.15) is 0 Å². The van der Waals surface area contributed by atoms with E-state index in [0.717, 1.165) is 56.5 Å². The van der Waals surface area contributed by atoms with Crippen molar-refractivity contribution in [1.29, 1.82) is 0 Å². The lowest BCUT2D eigenvalue weighted by Gasteiger charge is -2.30. The van der Waals surface area contributed by atoms with Crippen LogP contribution in [-0.4, -0.2) is 4.57 Å². The van der Waals surface area contributed by atoms with E-state index in [2.05, 4.69) is 275 Å². The third kappa shape index (κ3) is 6.76. The Labute approximate surface area is 389 Å². The number of hydrogen-bond donors (Lipinski definition) is 0. The second kappa shape index (κ2) is 16.0. The van der Waals surface area contributed by atoms with Gasteiger partial charge in [-0.15, -0.1) is 0 Å². The summed E-state index contributed by atoms with van der Waals surface area (Å²) in [5, 5.41) is 12.3. The maximum atomic E-state index is 2.45. The zero-order valence-corrected chi connectivity index (χ0v) is 36.7. The Morgan fingerprint density at radius 2 is 0.701 bits per heavy atom. The van der Waals surface area contributed by atoms with Crippen LogP contribution in [0.25, 0.3) is 81.7 Å². The van der Waals surface area contributed by atoms with Crippen LogP contribution in [0.15, 0.2) is 261 Å². The van der Waals surface area contributed by atoms with Crippen molar-refractivity contribution in [2.75, 3.05) is 9.80 Å². The van der Waals surface area contributed by atoms with Crippen molar-refractivity contribution in [3.8, 4) is 16.8 Å². The summed E-state index contributed by atoms with van der Waals surface area (Å²) in [6.07, 6.45) is 0.